The molecule has 130 valence electrons. The molecule has 0 amide bonds. The summed E-state index contributed by atoms with van der Waals surface area (Å²) in [4.78, 5) is 21.6. The van der Waals surface area contributed by atoms with E-state index in [9.17, 15) is 9.59 Å². The molecule has 4 nitrogen and oxygen atoms in total. The Bertz CT molecular complexity index is 480. The van der Waals surface area contributed by atoms with E-state index in [0.717, 1.165) is 31.3 Å². The summed E-state index contributed by atoms with van der Waals surface area (Å²) >= 11 is 0. The molecule has 0 heterocycles. The van der Waals surface area contributed by atoms with Gasteiger partial charge in [-0.3, -0.25) is 9.59 Å². The maximum Gasteiger partial charge on any atom is 0.307 e. The monoisotopic (exact) mass is 322 g/mol. The van der Waals surface area contributed by atoms with Gasteiger partial charge in [0, 0.05) is 0 Å². The maximum absolute atomic E-state index is 11.0. The Morgan fingerprint density at radius 2 is 1.39 bits per heavy atom. The lowest BCUT2D eigenvalue weighted by Crippen LogP contribution is -2.17. The third kappa shape index (κ3) is 12.4. The summed E-state index contributed by atoms with van der Waals surface area (Å²) < 4.78 is 0. The number of carbonyl (C=O) groups is 2. The Kier molecular flexibility index (Phi) is 10.8. The van der Waals surface area contributed by atoms with Crippen molar-refractivity contribution in [3.63, 3.8) is 0 Å². The van der Waals surface area contributed by atoms with Crippen molar-refractivity contribution in [2.45, 2.75) is 66.2 Å². The average molecular weight is 322 g/mol. The molecule has 1 atom stereocenters. The van der Waals surface area contributed by atoms with Crippen LogP contribution in [0.4, 0.5) is 0 Å². The topological polar surface area (TPSA) is 74.6 Å². The first-order valence-electron chi connectivity index (χ1n) is 8.11. The molecular weight excluding hydrogens is 292 g/mol. The summed E-state index contributed by atoms with van der Waals surface area (Å²) in [6.07, 6.45) is 10.2. The van der Waals surface area contributed by atoms with E-state index in [-0.39, 0.29) is 12.8 Å². The van der Waals surface area contributed by atoms with Crippen LogP contribution in [0.2, 0.25) is 0 Å². The molecule has 0 aliphatic rings. The average Bonchev–Trinajstić information content (AvgIpc) is 2.42. The van der Waals surface area contributed by atoms with Crippen molar-refractivity contribution >= 4 is 11.9 Å². The van der Waals surface area contributed by atoms with Crippen LogP contribution in [0, 0.1) is 5.92 Å². The van der Waals surface area contributed by atoms with Crippen molar-refractivity contribution in [3.8, 4) is 0 Å². The van der Waals surface area contributed by atoms with E-state index in [1.807, 2.05) is 13.0 Å². The summed E-state index contributed by atoms with van der Waals surface area (Å²) in [6.45, 7) is 8.29. The number of carboxylic acid groups (broad SMARTS) is 2. The van der Waals surface area contributed by atoms with Crippen molar-refractivity contribution in [1.29, 1.82) is 0 Å². The number of carboxylic acids is 2. The zero-order valence-corrected chi connectivity index (χ0v) is 14.8. The van der Waals surface area contributed by atoms with Crippen LogP contribution in [-0.4, -0.2) is 22.2 Å². The van der Waals surface area contributed by atoms with Crippen LogP contribution in [-0.2, 0) is 9.59 Å². The fourth-order valence-corrected chi connectivity index (χ4v) is 2.16. The molecule has 2 N–H and O–H groups in total. The molecule has 0 rings (SSSR count). The van der Waals surface area contributed by atoms with Crippen LogP contribution >= 0.6 is 0 Å². The standard InChI is InChI=1S/C19H30O4/c1-14(2)7-5-8-15(3)9-6-10-16(4)11-12-17(19(22)23)13-18(20)21/h7,9,11,17H,5-6,8,10,12-13H2,1-4H3,(H,20,21)(H,22,23). The second-order valence-electron chi connectivity index (χ2n) is 6.33. The molecule has 0 radical (unpaired) electrons. The highest BCUT2D eigenvalue weighted by Gasteiger charge is 2.19. The number of aliphatic carboxylic acids is 2. The Labute approximate surface area is 139 Å². The molecule has 0 bridgehead atoms. The van der Waals surface area contributed by atoms with Gasteiger partial charge in [0.15, 0.2) is 0 Å². The van der Waals surface area contributed by atoms with Crippen LogP contribution < -0.4 is 0 Å². The molecule has 4 heteroatoms. The lowest BCUT2D eigenvalue weighted by molar-refractivity contribution is -0.148. The summed E-state index contributed by atoms with van der Waals surface area (Å²) in [5.74, 6) is -2.96. The SMILES string of the molecule is CC(C)=CCCC(C)=CCCC(C)=CCC(CC(=O)O)C(=O)O. The molecule has 0 saturated heterocycles. The molecule has 0 aliphatic heterocycles. The van der Waals surface area contributed by atoms with Crippen molar-refractivity contribution in [1.82, 2.24) is 0 Å². The minimum absolute atomic E-state index is 0.275. The first-order chi connectivity index (χ1) is 10.7. The lowest BCUT2D eigenvalue weighted by atomic mass is 9.99. The molecule has 0 saturated carbocycles. The fourth-order valence-electron chi connectivity index (χ4n) is 2.16. The predicted molar refractivity (Wildman–Crippen MR) is 93.4 cm³/mol. The highest BCUT2D eigenvalue weighted by molar-refractivity contribution is 5.77. The summed E-state index contributed by atoms with van der Waals surface area (Å²) in [6, 6.07) is 0. The third-order valence-corrected chi connectivity index (χ3v) is 3.64. The molecule has 0 aliphatic carbocycles. The van der Waals surface area contributed by atoms with Gasteiger partial charge in [0.1, 0.15) is 0 Å². The molecule has 1 unspecified atom stereocenters. The highest BCUT2D eigenvalue weighted by atomic mass is 16.4. The number of rotatable bonds is 11. The molecular formula is C19H30O4. The van der Waals surface area contributed by atoms with Crippen LogP contribution in [0.3, 0.4) is 0 Å². The highest BCUT2D eigenvalue weighted by Crippen LogP contribution is 2.15. The molecule has 0 aromatic rings. The number of allylic oxidation sites excluding steroid dienone is 6. The first-order valence-corrected chi connectivity index (χ1v) is 8.11. The van der Waals surface area contributed by atoms with Crippen LogP contribution in [0.15, 0.2) is 34.9 Å². The van der Waals surface area contributed by atoms with E-state index in [4.69, 9.17) is 10.2 Å². The van der Waals surface area contributed by atoms with E-state index in [1.165, 1.54) is 11.1 Å². The predicted octanol–water partition coefficient (Wildman–Crippen LogP) is 4.97. The Morgan fingerprint density at radius 1 is 0.870 bits per heavy atom. The molecule has 23 heavy (non-hydrogen) atoms. The Hall–Kier alpha value is -1.84. The zero-order chi connectivity index (χ0) is 17.8. The van der Waals surface area contributed by atoms with Gasteiger partial charge in [0.05, 0.1) is 12.3 Å². The summed E-state index contributed by atoms with van der Waals surface area (Å²) in [7, 11) is 0. The fraction of sp³-hybridized carbons (Fsp3) is 0.579. The van der Waals surface area contributed by atoms with Gasteiger partial charge in [-0.1, -0.05) is 34.9 Å². The van der Waals surface area contributed by atoms with E-state index >= 15 is 0 Å². The second-order valence-corrected chi connectivity index (χ2v) is 6.33. The number of hydrogen-bond acceptors (Lipinski definition) is 2. The minimum atomic E-state index is -1.07. The van der Waals surface area contributed by atoms with E-state index < -0.39 is 17.9 Å². The van der Waals surface area contributed by atoms with Crippen LogP contribution in [0.1, 0.15) is 66.2 Å². The molecule has 0 fully saturated rings. The van der Waals surface area contributed by atoms with Gasteiger partial charge in [-0.05, 0) is 59.8 Å². The van der Waals surface area contributed by atoms with Gasteiger partial charge in [-0.15, -0.1) is 0 Å². The minimum Gasteiger partial charge on any atom is -0.481 e. The quantitative estimate of drug-likeness (QED) is 0.527. The molecule has 0 aromatic heterocycles. The van der Waals surface area contributed by atoms with E-state index in [1.54, 1.807) is 0 Å². The first kappa shape index (κ1) is 21.2. The van der Waals surface area contributed by atoms with Crippen LogP contribution in [0.25, 0.3) is 0 Å². The Morgan fingerprint density at radius 3 is 1.87 bits per heavy atom. The summed E-state index contributed by atoms with van der Waals surface area (Å²) in [5, 5.41) is 17.7. The largest absolute Gasteiger partial charge is 0.481 e. The van der Waals surface area contributed by atoms with Gasteiger partial charge >= 0.3 is 11.9 Å². The number of hydrogen-bond donors (Lipinski definition) is 2. The van der Waals surface area contributed by atoms with Gasteiger partial charge in [0.25, 0.3) is 0 Å². The normalized spacial score (nSPS) is 13.6. The van der Waals surface area contributed by atoms with Crippen molar-refractivity contribution < 1.29 is 19.8 Å². The zero-order valence-electron chi connectivity index (χ0n) is 14.8. The van der Waals surface area contributed by atoms with Gasteiger partial charge in [-0.25, -0.2) is 0 Å². The summed E-state index contributed by atoms with van der Waals surface area (Å²) in [5.41, 5.74) is 3.81. The molecule has 0 aromatic carbocycles. The third-order valence-electron chi connectivity index (χ3n) is 3.64. The lowest BCUT2D eigenvalue weighted by Gasteiger charge is -2.07. The van der Waals surface area contributed by atoms with Gasteiger partial charge < -0.3 is 10.2 Å². The van der Waals surface area contributed by atoms with Crippen molar-refractivity contribution in [3.05, 3.63) is 34.9 Å². The Balaban J connectivity index is 4.26. The van der Waals surface area contributed by atoms with Crippen molar-refractivity contribution in [2.24, 2.45) is 5.92 Å². The second kappa shape index (κ2) is 11.7. The van der Waals surface area contributed by atoms with Gasteiger partial charge in [0.2, 0.25) is 0 Å². The van der Waals surface area contributed by atoms with Crippen LogP contribution in [0.5, 0.6) is 0 Å². The smallest absolute Gasteiger partial charge is 0.307 e. The van der Waals surface area contributed by atoms with Gasteiger partial charge in [-0.2, -0.15) is 0 Å². The maximum atomic E-state index is 11.0. The molecule has 0 spiro atoms. The van der Waals surface area contributed by atoms with Crippen molar-refractivity contribution in [2.75, 3.05) is 0 Å². The van der Waals surface area contributed by atoms with E-state index in [0.29, 0.717) is 0 Å². The van der Waals surface area contributed by atoms with E-state index in [2.05, 4.69) is 32.9 Å².